The van der Waals surface area contributed by atoms with Crippen molar-refractivity contribution in [2.75, 3.05) is 32.4 Å². The van der Waals surface area contributed by atoms with Gasteiger partial charge in [0.1, 0.15) is 0 Å². The lowest BCUT2D eigenvalue weighted by Crippen LogP contribution is -2.50. The molecule has 8 heteroatoms. The van der Waals surface area contributed by atoms with E-state index in [1.807, 2.05) is 18.4 Å². The highest BCUT2D eigenvalue weighted by molar-refractivity contribution is 7.98. The highest BCUT2D eigenvalue weighted by atomic mass is 32.2. The molecule has 1 saturated heterocycles. The van der Waals surface area contributed by atoms with Crippen molar-refractivity contribution in [1.82, 2.24) is 9.21 Å². The first-order valence-electron chi connectivity index (χ1n) is 8.87. The fourth-order valence-corrected chi connectivity index (χ4v) is 4.89. The van der Waals surface area contributed by atoms with Crippen molar-refractivity contribution in [3.63, 3.8) is 0 Å². The molecule has 28 heavy (non-hydrogen) atoms. The lowest BCUT2D eigenvalue weighted by Gasteiger charge is -2.34. The second-order valence-electron chi connectivity index (χ2n) is 6.51. The average molecular weight is 419 g/mol. The van der Waals surface area contributed by atoms with Crippen LogP contribution >= 0.6 is 11.8 Å². The Hall–Kier alpha value is -2.16. The molecule has 0 saturated carbocycles. The minimum atomic E-state index is -3.65. The van der Waals surface area contributed by atoms with E-state index in [9.17, 15) is 18.0 Å². The first-order chi connectivity index (χ1) is 13.3. The van der Waals surface area contributed by atoms with E-state index in [1.54, 1.807) is 28.8 Å². The van der Waals surface area contributed by atoms with Crippen molar-refractivity contribution in [3.8, 4) is 0 Å². The molecule has 1 aliphatic rings. The van der Waals surface area contributed by atoms with E-state index in [1.165, 1.54) is 35.5 Å². The molecule has 1 fully saturated rings. The number of sulfonamides is 1. The summed E-state index contributed by atoms with van der Waals surface area (Å²) >= 11 is 1.61. The normalized spacial score (nSPS) is 15.4. The molecule has 148 valence electrons. The van der Waals surface area contributed by atoms with Crippen molar-refractivity contribution >= 4 is 33.5 Å². The topological polar surface area (TPSA) is 74.8 Å². The van der Waals surface area contributed by atoms with Gasteiger partial charge in [-0.25, -0.2) is 8.42 Å². The number of piperazine rings is 1. The van der Waals surface area contributed by atoms with Gasteiger partial charge in [-0.1, -0.05) is 12.1 Å². The van der Waals surface area contributed by atoms with Crippen molar-refractivity contribution in [1.29, 1.82) is 0 Å². The van der Waals surface area contributed by atoms with Gasteiger partial charge < -0.3 is 4.90 Å². The highest BCUT2D eigenvalue weighted by Gasteiger charge is 2.30. The third-order valence-corrected chi connectivity index (χ3v) is 7.42. The Labute approximate surface area is 169 Å². The highest BCUT2D eigenvalue weighted by Crippen LogP contribution is 2.20. The van der Waals surface area contributed by atoms with Gasteiger partial charge in [0.05, 0.1) is 4.90 Å². The van der Waals surface area contributed by atoms with Gasteiger partial charge in [0.25, 0.3) is 5.91 Å². The van der Waals surface area contributed by atoms with Crippen LogP contribution in [0.3, 0.4) is 0 Å². The molecule has 6 nitrogen and oxygen atoms in total. The number of hydrogen-bond acceptors (Lipinski definition) is 5. The van der Waals surface area contributed by atoms with Crippen LogP contribution in [0.5, 0.6) is 0 Å². The van der Waals surface area contributed by atoms with E-state index in [0.29, 0.717) is 24.2 Å². The average Bonchev–Trinajstić information content (AvgIpc) is 2.73. The number of Topliss-reactive ketones (excluding diaryl/α,β-unsaturated/α-hetero) is 1. The predicted molar refractivity (Wildman–Crippen MR) is 109 cm³/mol. The van der Waals surface area contributed by atoms with Crippen LogP contribution in [0.2, 0.25) is 0 Å². The Balaban J connectivity index is 1.66. The molecule has 0 spiro atoms. The zero-order valence-electron chi connectivity index (χ0n) is 15.8. The van der Waals surface area contributed by atoms with Crippen LogP contribution in [0.15, 0.2) is 58.3 Å². The largest absolute Gasteiger partial charge is 0.336 e. The van der Waals surface area contributed by atoms with Crippen LogP contribution in [-0.4, -0.2) is 61.7 Å². The first-order valence-corrected chi connectivity index (χ1v) is 11.5. The summed E-state index contributed by atoms with van der Waals surface area (Å²) in [6, 6.07) is 13.4. The molecular weight excluding hydrogens is 396 g/mol. The zero-order chi connectivity index (χ0) is 20.3. The van der Waals surface area contributed by atoms with E-state index in [4.69, 9.17) is 0 Å². The fourth-order valence-electron chi connectivity index (χ4n) is 3.06. The van der Waals surface area contributed by atoms with Gasteiger partial charge in [-0.3, -0.25) is 9.59 Å². The van der Waals surface area contributed by atoms with E-state index in [2.05, 4.69) is 0 Å². The minimum absolute atomic E-state index is 0.0875. The second kappa shape index (κ2) is 8.46. The molecule has 0 radical (unpaired) electrons. The Bertz CT molecular complexity index is 962. The van der Waals surface area contributed by atoms with Gasteiger partial charge >= 0.3 is 0 Å². The van der Waals surface area contributed by atoms with E-state index in [-0.39, 0.29) is 29.7 Å². The van der Waals surface area contributed by atoms with Crippen LogP contribution in [0.4, 0.5) is 0 Å². The Morgan fingerprint density at radius 3 is 1.89 bits per heavy atom. The lowest BCUT2D eigenvalue weighted by molar-refractivity contribution is 0.0697. The van der Waals surface area contributed by atoms with Gasteiger partial charge in [0, 0.05) is 42.2 Å². The quantitative estimate of drug-likeness (QED) is 0.551. The van der Waals surface area contributed by atoms with Gasteiger partial charge in [0.2, 0.25) is 10.0 Å². The molecular formula is C20H22N2O4S2. The van der Waals surface area contributed by atoms with E-state index >= 15 is 0 Å². The fraction of sp³-hybridized carbons (Fsp3) is 0.300. The molecule has 1 heterocycles. The molecule has 0 bridgehead atoms. The standard InChI is InChI=1S/C20H22N2O4S2/c1-15(23)16-5-9-19(10-6-16)28(25,26)22-13-11-21(12-14-22)20(24)17-3-7-18(27-2)8-4-17/h3-10H,11-14H2,1-2H3. The maximum atomic E-state index is 12.8. The molecule has 0 atom stereocenters. The van der Waals surface area contributed by atoms with Gasteiger partial charge in [-0.15, -0.1) is 11.8 Å². The molecule has 1 amide bonds. The number of carbonyl (C=O) groups excluding carboxylic acids is 2. The van der Waals surface area contributed by atoms with Crippen molar-refractivity contribution < 1.29 is 18.0 Å². The number of thioether (sulfide) groups is 1. The maximum absolute atomic E-state index is 12.8. The number of rotatable bonds is 5. The minimum Gasteiger partial charge on any atom is -0.336 e. The van der Waals surface area contributed by atoms with Gasteiger partial charge in [-0.05, 0) is 49.6 Å². The summed E-state index contributed by atoms with van der Waals surface area (Å²) in [5, 5.41) is 0. The van der Waals surface area contributed by atoms with Gasteiger partial charge in [-0.2, -0.15) is 4.31 Å². The second-order valence-corrected chi connectivity index (χ2v) is 9.32. The summed E-state index contributed by atoms with van der Waals surface area (Å²) in [7, 11) is -3.65. The number of amides is 1. The number of carbonyl (C=O) groups is 2. The summed E-state index contributed by atoms with van der Waals surface area (Å²) in [6.45, 7) is 2.60. The van der Waals surface area contributed by atoms with Crippen LogP contribution in [0, 0.1) is 0 Å². The number of ketones is 1. The predicted octanol–water partition coefficient (Wildman–Crippen LogP) is 2.76. The molecule has 2 aromatic rings. The van der Waals surface area contributed by atoms with Gasteiger partial charge in [0.15, 0.2) is 5.78 Å². The van der Waals surface area contributed by atoms with Crippen molar-refractivity contribution in [2.24, 2.45) is 0 Å². The SMILES string of the molecule is CSc1ccc(C(=O)N2CCN(S(=O)(=O)c3ccc(C(C)=O)cc3)CC2)cc1. The zero-order valence-corrected chi connectivity index (χ0v) is 17.4. The third kappa shape index (κ3) is 4.29. The van der Waals surface area contributed by atoms with E-state index < -0.39 is 10.0 Å². The van der Waals surface area contributed by atoms with Crippen LogP contribution in [0.25, 0.3) is 0 Å². The number of nitrogens with zero attached hydrogens (tertiary/aromatic N) is 2. The summed E-state index contributed by atoms with van der Waals surface area (Å²) in [5.41, 5.74) is 1.08. The third-order valence-electron chi connectivity index (χ3n) is 4.76. The number of benzene rings is 2. The molecule has 0 aromatic heterocycles. The van der Waals surface area contributed by atoms with E-state index in [0.717, 1.165) is 4.90 Å². The lowest BCUT2D eigenvalue weighted by atomic mass is 10.2. The van der Waals surface area contributed by atoms with Crippen LogP contribution in [0.1, 0.15) is 27.6 Å². The Kier molecular flexibility index (Phi) is 6.22. The Morgan fingerprint density at radius 2 is 1.39 bits per heavy atom. The van der Waals surface area contributed by atoms with Crippen LogP contribution in [-0.2, 0) is 10.0 Å². The van der Waals surface area contributed by atoms with Crippen molar-refractivity contribution in [3.05, 3.63) is 59.7 Å². The maximum Gasteiger partial charge on any atom is 0.253 e. The molecule has 2 aromatic carbocycles. The molecule has 0 N–H and O–H groups in total. The molecule has 0 aliphatic carbocycles. The smallest absolute Gasteiger partial charge is 0.253 e. The summed E-state index contributed by atoms with van der Waals surface area (Å²) in [4.78, 5) is 26.9. The summed E-state index contributed by atoms with van der Waals surface area (Å²) in [6.07, 6.45) is 1.98. The number of hydrogen-bond donors (Lipinski definition) is 0. The summed E-state index contributed by atoms with van der Waals surface area (Å²) < 4.78 is 27.0. The summed E-state index contributed by atoms with van der Waals surface area (Å²) in [5.74, 6) is -0.197. The van der Waals surface area contributed by atoms with Crippen LogP contribution < -0.4 is 0 Å². The molecule has 1 aliphatic heterocycles. The Morgan fingerprint density at radius 1 is 0.857 bits per heavy atom. The molecule has 3 rings (SSSR count). The monoisotopic (exact) mass is 418 g/mol. The first kappa shape index (κ1) is 20.6. The molecule has 0 unspecified atom stereocenters. The van der Waals surface area contributed by atoms with Crippen molar-refractivity contribution in [2.45, 2.75) is 16.7 Å².